The molecule has 0 aliphatic rings. The number of non-ortho nitro benzene ring substituents is 1. The normalized spacial score (nSPS) is 10.8. The molecule has 0 bridgehead atoms. The molecule has 1 aromatic carbocycles. The van der Waals surface area contributed by atoms with Gasteiger partial charge in [0.2, 0.25) is 0 Å². The average Bonchev–Trinajstić information content (AvgIpc) is 2.35. The Hall–Kier alpha value is -2.24. The fraction of sp³-hybridized carbons (Fsp3) is 0.333. The molecule has 0 saturated heterocycles. The van der Waals surface area contributed by atoms with Gasteiger partial charge in [0.05, 0.1) is 10.4 Å². The summed E-state index contributed by atoms with van der Waals surface area (Å²) in [5.74, 6) is 0.943. The van der Waals surface area contributed by atoms with E-state index < -0.39 is 4.92 Å². The van der Waals surface area contributed by atoms with Crippen molar-refractivity contribution >= 4 is 22.4 Å². The van der Waals surface area contributed by atoms with E-state index in [1.807, 2.05) is 0 Å². The zero-order valence-electron chi connectivity index (χ0n) is 10.3. The first-order valence-electron chi connectivity index (χ1n) is 5.71. The zero-order valence-corrected chi connectivity index (χ0v) is 10.3. The molecule has 18 heavy (non-hydrogen) atoms. The van der Waals surface area contributed by atoms with Gasteiger partial charge in [-0.15, -0.1) is 0 Å². The number of anilines is 1. The van der Waals surface area contributed by atoms with Gasteiger partial charge in [0.1, 0.15) is 17.5 Å². The van der Waals surface area contributed by atoms with Gasteiger partial charge in [0.25, 0.3) is 5.69 Å². The molecule has 0 radical (unpaired) electrons. The number of fused-ring (bicyclic) bond motifs is 1. The molecule has 0 aliphatic heterocycles. The minimum atomic E-state index is -0.410. The molecule has 6 heteroatoms. The van der Waals surface area contributed by atoms with Gasteiger partial charge in [-0.05, 0) is 12.0 Å². The summed E-state index contributed by atoms with van der Waals surface area (Å²) in [6, 6.07) is 4.83. The molecular weight excluding hydrogens is 232 g/mol. The van der Waals surface area contributed by atoms with Crippen molar-refractivity contribution in [2.24, 2.45) is 5.92 Å². The zero-order chi connectivity index (χ0) is 13.1. The quantitative estimate of drug-likeness (QED) is 0.662. The molecule has 2 aromatic rings. The van der Waals surface area contributed by atoms with E-state index in [0.29, 0.717) is 29.2 Å². The highest BCUT2D eigenvalue weighted by atomic mass is 16.6. The van der Waals surface area contributed by atoms with E-state index in [1.165, 1.54) is 12.4 Å². The minimum absolute atomic E-state index is 0.0272. The number of benzene rings is 1. The number of nitro benzene ring substituents is 1. The second kappa shape index (κ2) is 4.95. The highest BCUT2D eigenvalue weighted by Gasteiger charge is 2.16. The lowest BCUT2D eigenvalue weighted by atomic mass is 10.2. The number of nitrogens with zero attached hydrogens (tertiary/aromatic N) is 3. The van der Waals surface area contributed by atoms with Crippen LogP contribution >= 0.6 is 0 Å². The van der Waals surface area contributed by atoms with Gasteiger partial charge in [-0.25, -0.2) is 9.97 Å². The van der Waals surface area contributed by atoms with Crippen molar-refractivity contribution in [3.05, 3.63) is 34.6 Å². The Morgan fingerprint density at radius 3 is 2.83 bits per heavy atom. The van der Waals surface area contributed by atoms with Gasteiger partial charge in [-0.2, -0.15) is 0 Å². The Morgan fingerprint density at radius 2 is 2.17 bits per heavy atom. The molecule has 0 aliphatic carbocycles. The van der Waals surface area contributed by atoms with Crippen LogP contribution in [0.4, 0.5) is 11.5 Å². The number of aromatic nitrogens is 2. The van der Waals surface area contributed by atoms with E-state index >= 15 is 0 Å². The molecule has 0 spiro atoms. The minimum Gasteiger partial charge on any atom is -0.369 e. The fourth-order valence-corrected chi connectivity index (χ4v) is 1.68. The van der Waals surface area contributed by atoms with Crippen LogP contribution in [0.5, 0.6) is 0 Å². The van der Waals surface area contributed by atoms with Gasteiger partial charge in [-0.3, -0.25) is 10.1 Å². The van der Waals surface area contributed by atoms with Gasteiger partial charge >= 0.3 is 0 Å². The first-order valence-corrected chi connectivity index (χ1v) is 5.71. The summed E-state index contributed by atoms with van der Waals surface area (Å²) in [5, 5.41) is 14.6. The molecule has 0 amide bonds. The Balaban J connectivity index is 2.55. The van der Waals surface area contributed by atoms with Crippen LogP contribution in [0, 0.1) is 16.0 Å². The summed E-state index contributed by atoms with van der Waals surface area (Å²) < 4.78 is 0. The molecule has 0 atom stereocenters. The van der Waals surface area contributed by atoms with Gasteiger partial charge < -0.3 is 5.32 Å². The third-order valence-corrected chi connectivity index (χ3v) is 2.52. The first-order chi connectivity index (χ1) is 8.59. The smallest absolute Gasteiger partial charge is 0.282 e. The van der Waals surface area contributed by atoms with Crippen LogP contribution in [-0.2, 0) is 0 Å². The predicted molar refractivity (Wildman–Crippen MR) is 69.5 cm³/mol. The number of nitro groups is 1. The van der Waals surface area contributed by atoms with E-state index in [-0.39, 0.29) is 5.69 Å². The summed E-state index contributed by atoms with van der Waals surface area (Å²) in [6.45, 7) is 4.83. The number of hydrogen-bond donors (Lipinski definition) is 1. The molecular formula is C12H14N4O2. The van der Waals surface area contributed by atoms with Crippen LogP contribution in [0.2, 0.25) is 0 Å². The molecule has 6 nitrogen and oxygen atoms in total. The predicted octanol–water partition coefficient (Wildman–Crippen LogP) is 2.61. The van der Waals surface area contributed by atoms with Crippen LogP contribution in [0.25, 0.3) is 10.9 Å². The molecule has 1 heterocycles. The third-order valence-electron chi connectivity index (χ3n) is 2.52. The fourth-order valence-electron chi connectivity index (χ4n) is 1.68. The lowest BCUT2D eigenvalue weighted by Gasteiger charge is -2.10. The highest BCUT2D eigenvalue weighted by molar-refractivity contribution is 5.96. The van der Waals surface area contributed by atoms with Crippen molar-refractivity contribution in [1.29, 1.82) is 0 Å². The Kier molecular flexibility index (Phi) is 3.36. The second-order valence-electron chi connectivity index (χ2n) is 4.43. The van der Waals surface area contributed by atoms with Gasteiger partial charge in [0, 0.05) is 12.6 Å². The highest BCUT2D eigenvalue weighted by Crippen LogP contribution is 2.29. The second-order valence-corrected chi connectivity index (χ2v) is 4.43. The Labute approximate surface area is 104 Å². The molecule has 0 unspecified atom stereocenters. The molecule has 1 N–H and O–H groups in total. The largest absolute Gasteiger partial charge is 0.369 e. The topological polar surface area (TPSA) is 81.0 Å². The van der Waals surface area contributed by atoms with Gasteiger partial charge in [-0.1, -0.05) is 19.9 Å². The van der Waals surface area contributed by atoms with Crippen LogP contribution in [-0.4, -0.2) is 21.4 Å². The van der Waals surface area contributed by atoms with E-state index in [9.17, 15) is 10.1 Å². The summed E-state index contributed by atoms with van der Waals surface area (Å²) in [6.07, 6.45) is 1.41. The molecule has 0 saturated carbocycles. The van der Waals surface area contributed by atoms with Gasteiger partial charge in [0.15, 0.2) is 0 Å². The van der Waals surface area contributed by atoms with Crippen molar-refractivity contribution in [1.82, 2.24) is 9.97 Å². The first kappa shape index (κ1) is 12.2. The molecule has 94 valence electrons. The van der Waals surface area contributed by atoms with E-state index in [0.717, 1.165) is 0 Å². The van der Waals surface area contributed by atoms with Crippen LogP contribution in [0.1, 0.15) is 13.8 Å². The van der Waals surface area contributed by atoms with E-state index in [4.69, 9.17) is 0 Å². The lowest BCUT2D eigenvalue weighted by molar-refractivity contribution is -0.383. The third kappa shape index (κ3) is 2.37. The monoisotopic (exact) mass is 246 g/mol. The number of nitrogens with one attached hydrogen (secondary N) is 1. The molecule has 1 aromatic heterocycles. The Morgan fingerprint density at radius 1 is 1.39 bits per heavy atom. The average molecular weight is 246 g/mol. The molecule has 0 fully saturated rings. The van der Waals surface area contributed by atoms with Crippen molar-refractivity contribution < 1.29 is 4.92 Å². The summed E-state index contributed by atoms with van der Waals surface area (Å²) in [7, 11) is 0. The summed E-state index contributed by atoms with van der Waals surface area (Å²) >= 11 is 0. The SMILES string of the molecule is CC(C)CNc1ncnc2cccc([N+](=O)[O-])c12. The maximum atomic E-state index is 11.0. The maximum Gasteiger partial charge on any atom is 0.282 e. The van der Waals surface area contributed by atoms with Crippen LogP contribution < -0.4 is 5.32 Å². The van der Waals surface area contributed by atoms with Crippen molar-refractivity contribution in [2.45, 2.75) is 13.8 Å². The number of hydrogen-bond acceptors (Lipinski definition) is 5. The number of rotatable bonds is 4. The van der Waals surface area contributed by atoms with Crippen molar-refractivity contribution in [2.75, 3.05) is 11.9 Å². The van der Waals surface area contributed by atoms with E-state index in [2.05, 4.69) is 29.1 Å². The molecule has 2 rings (SSSR count). The van der Waals surface area contributed by atoms with Crippen molar-refractivity contribution in [3.63, 3.8) is 0 Å². The maximum absolute atomic E-state index is 11.0. The summed E-state index contributed by atoms with van der Waals surface area (Å²) in [5.41, 5.74) is 0.602. The summed E-state index contributed by atoms with van der Waals surface area (Å²) in [4.78, 5) is 18.8. The standard InChI is InChI=1S/C12H14N4O2/c1-8(2)6-13-12-11-9(14-7-15-12)4-3-5-10(11)16(17)18/h3-5,7-8H,6H2,1-2H3,(H,13,14,15). The van der Waals surface area contributed by atoms with Crippen LogP contribution in [0.3, 0.4) is 0 Å². The van der Waals surface area contributed by atoms with E-state index in [1.54, 1.807) is 12.1 Å². The van der Waals surface area contributed by atoms with Crippen molar-refractivity contribution in [3.8, 4) is 0 Å². The Bertz CT molecular complexity index is 578. The van der Waals surface area contributed by atoms with Crippen LogP contribution in [0.15, 0.2) is 24.5 Å². The lowest BCUT2D eigenvalue weighted by Crippen LogP contribution is -2.10.